The van der Waals surface area contributed by atoms with E-state index in [0.29, 0.717) is 11.1 Å². The third-order valence-corrected chi connectivity index (χ3v) is 9.05. The molecule has 3 aromatic rings. The first-order valence-corrected chi connectivity index (χ1v) is 16.5. The maximum absolute atomic E-state index is 14.2. The van der Waals surface area contributed by atoms with Crippen molar-refractivity contribution in [2.24, 2.45) is 0 Å². The first kappa shape index (κ1) is 34.5. The summed E-state index contributed by atoms with van der Waals surface area (Å²) in [5, 5.41) is 2.57. The number of aromatic nitrogens is 2. The summed E-state index contributed by atoms with van der Waals surface area (Å²) in [6.45, 7) is 6.39. The van der Waals surface area contributed by atoms with Crippen molar-refractivity contribution < 1.29 is 37.0 Å². The predicted octanol–water partition coefficient (Wildman–Crippen LogP) is 2.34. The fraction of sp³-hybridized carbons (Fsp3) is 0.452. The molecule has 2 aromatic carbocycles. The van der Waals surface area contributed by atoms with Crippen LogP contribution in [0.15, 0.2) is 40.0 Å². The third kappa shape index (κ3) is 7.89. The monoisotopic (exact) mass is 657 g/mol. The van der Waals surface area contributed by atoms with Crippen LogP contribution in [0, 0.1) is 13.8 Å². The van der Waals surface area contributed by atoms with E-state index in [-0.39, 0.29) is 65.1 Å². The zero-order chi connectivity index (χ0) is 33.4. The molecule has 15 heteroatoms. The van der Waals surface area contributed by atoms with Gasteiger partial charge in [0.05, 0.1) is 41.9 Å². The second-order valence-electron chi connectivity index (χ2n) is 10.7. The van der Waals surface area contributed by atoms with Crippen LogP contribution in [0.5, 0.6) is 0 Å². The van der Waals surface area contributed by atoms with E-state index in [9.17, 15) is 27.6 Å². The molecule has 0 aliphatic carbocycles. The highest BCUT2D eigenvalue weighted by molar-refractivity contribution is 7.89. The minimum atomic E-state index is -4.05. The Morgan fingerprint density at radius 2 is 1.74 bits per heavy atom. The highest BCUT2D eigenvalue weighted by atomic mass is 32.2. The standard InChI is InChI=1S/C31H39N5O9S/c1-5-43-30(39)27-20(2)17-22-28(21(27)3)29(38)36(23-11-7-8-12-24(23)46(41,42)32-4)25(34-22)19-45-31(40)33-13-16-44-26(37)18-35-14-9-6-10-15-35/h7-8,11-12,17,32H,5-6,9-10,13-16,18-19H2,1-4H3,(H,33,40). The summed E-state index contributed by atoms with van der Waals surface area (Å²) in [5.74, 6) is -1.06. The quantitative estimate of drug-likeness (QED) is 0.166. The Kier molecular flexibility index (Phi) is 11.5. The number of esters is 2. The molecule has 1 saturated heterocycles. The molecule has 4 rings (SSSR count). The van der Waals surface area contributed by atoms with E-state index >= 15 is 0 Å². The number of rotatable bonds is 12. The van der Waals surface area contributed by atoms with Crippen molar-refractivity contribution in [2.45, 2.75) is 51.5 Å². The van der Waals surface area contributed by atoms with E-state index in [4.69, 9.17) is 14.2 Å². The zero-order valence-electron chi connectivity index (χ0n) is 26.4. The largest absolute Gasteiger partial charge is 0.463 e. The number of alkyl carbamates (subject to hydrolysis) is 1. The minimum absolute atomic E-state index is 0.0131. The van der Waals surface area contributed by atoms with Crippen LogP contribution in [0.4, 0.5) is 4.79 Å². The lowest BCUT2D eigenvalue weighted by Gasteiger charge is -2.25. The molecular formula is C31H39N5O9S. The molecule has 14 nitrogen and oxygen atoms in total. The fourth-order valence-electron chi connectivity index (χ4n) is 5.42. The molecule has 0 radical (unpaired) electrons. The van der Waals surface area contributed by atoms with Gasteiger partial charge in [-0.2, -0.15) is 0 Å². The van der Waals surface area contributed by atoms with Gasteiger partial charge in [-0.1, -0.05) is 18.6 Å². The van der Waals surface area contributed by atoms with Gasteiger partial charge in [-0.05, 0) is 83.1 Å². The van der Waals surface area contributed by atoms with Crippen molar-refractivity contribution in [2.75, 3.05) is 46.4 Å². The number of fused-ring (bicyclic) bond motifs is 1. The van der Waals surface area contributed by atoms with E-state index in [2.05, 4.69) is 15.0 Å². The first-order valence-electron chi connectivity index (χ1n) is 15.0. The Labute approximate surface area is 267 Å². The van der Waals surface area contributed by atoms with Gasteiger partial charge in [0.2, 0.25) is 10.0 Å². The SMILES string of the molecule is CCOC(=O)c1c(C)cc2nc(COC(=O)NCCOC(=O)CN3CCCCC3)n(-c3ccccc3S(=O)(=O)NC)c(=O)c2c1C. The average molecular weight is 658 g/mol. The number of hydrogen-bond donors (Lipinski definition) is 2. The first-order chi connectivity index (χ1) is 22.0. The normalized spacial score (nSPS) is 13.7. The number of carbonyl (C=O) groups is 3. The van der Waals surface area contributed by atoms with Crippen LogP contribution in [-0.4, -0.2) is 87.3 Å². The lowest BCUT2D eigenvalue weighted by molar-refractivity contribution is -0.145. The van der Waals surface area contributed by atoms with Gasteiger partial charge in [0.25, 0.3) is 5.56 Å². The molecule has 1 fully saturated rings. The Morgan fingerprint density at radius 1 is 1.02 bits per heavy atom. The number of amides is 1. The van der Waals surface area contributed by atoms with Crippen molar-refractivity contribution in [3.63, 3.8) is 0 Å². The Morgan fingerprint density at radius 3 is 2.43 bits per heavy atom. The van der Waals surface area contributed by atoms with Crippen molar-refractivity contribution in [1.82, 2.24) is 24.5 Å². The number of piperidine rings is 1. The third-order valence-electron chi connectivity index (χ3n) is 7.59. The van der Waals surface area contributed by atoms with Gasteiger partial charge in [0, 0.05) is 0 Å². The zero-order valence-corrected chi connectivity index (χ0v) is 27.2. The van der Waals surface area contributed by atoms with E-state index < -0.39 is 34.3 Å². The van der Waals surface area contributed by atoms with Crippen LogP contribution in [0.3, 0.4) is 0 Å². The Hall–Kier alpha value is -4.34. The molecule has 1 aliphatic heterocycles. The number of carbonyl (C=O) groups excluding carboxylic acids is 3. The smallest absolute Gasteiger partial charge is 0.407 e. The number of aryl methyl sites for hydroxylation is 2. The Bertz CT molecular complexity index is 1780. The van der Waals surface area contributed by atoms with Crippen LogP contribution in [0.25, 0.3) is 16.6 Å². The van der Waals surface area contributed by atoms with Crippen LogP contribution >= 0.6 is 0 Å². The highest BCUT2D eigenvalue weighted by Crippen LogP contribution is 2.26. The summed E-state index contributed by atoms with van der Waals surface area (Å²) in [4.78, 5) is 58.1. The van der Waals surface area contributed by atoms with Gasteiger partial charge in [0.15, 0.2) is 12.4 Å². The van der Waals surface area contributed by atoms with Gasteiger partial charge >= 0.3 is 18.0 Å². The number of benzene rings is 2. The molecule has 0 bridgehead atoms. The number of sulfonamides is 1. The molecule has 0 saturated carbocycles. The van der Waals surface area contributed by atoms with Crippen molar-refractivity contribution in [3.8, 4) is 5.69 Å². The number of nitrogens with one attached hydrogen (secondary N) is 2. The number of ether oxygens (including phenoxy) is 3. The fourth-order valence-corrected chi connectivity index (χ4v) is 6.34. The van der Waals surface area contributed by atoms with E-state index in [1.807, 2.05) is 4.90 Å². The van der Waals surface area contributed by atoms with Crippen LogP contribution in [0.1, 0.15) is 53.5 Å². The maximum Gasteiger partial charge on any atom is 0.407 e. The molecule has 2 heterocycles. The average Bonchev–Trinajstić information content (AvgIpc) is 3.02. The van der Waals surface area contributed by atoms with Gasteiger partial charge in [-0.25, -0.2) is 27.7 Å². The van der Waals surface area contributed by atoms with Gasteiger partial charge in [0.1, 0.15) is 11.5 Å². The summed E-state index contributed by atoms with van der Waals surface area (Å²) in [6.07, 6.45) is 2.38. The Balaban J connectivity index is 1.62. The van der Waals surface area contributed by atoms with Gasteiger partial charge in [-0.3, -0.25) is 19.1 Å². The molecule has 0 unspecified atom stereocenters. The van der Waals surface area contributed by atoms with Crippen LogP contribution in [0.2, 0.25) is 0 Å². The van der Waals surface area contributed by atoms with E-state index in [1.165, 1.54) is 25.2 Å². The van der Waals surface area contributed by atoms with Crippen LogP contribution < -0.4 is 15.6 Å². The van der Waals surface area contributed by atoms with Crippen LogP contribution in [-0.2, 0) is 35.6 Å². The molecule has 46 heavy (non-hydrogen) atoms. The summed E-state index contributed by atoms with van der Waals surface area (Å²) in [6, 6.07) is 7.36. The number of nitrogens with zero attached hydrogens (tertiary/aromatic N) is 3. The summed E-state index contributed by atoms with van der Waals surface area (Å²) >= 11 is 0. The van der Waals surface area contributed by atoms with Crippen molar-refractivity contribution in [3.05, 3.63) is 63.2 Å². The lowest BCUT2D eigenvalue weighted by Crippen LogP contribution is -2.36. The lowest BCUT2D eigenvalue weighted by atomic mass is 9.98. The molecule has 1 amide bonds. The molecule has 2 N–H and O–H groups in total. The minimum Gasteiger partial charge on any atom is -0.463 e. The number of likely N-dealkylation sites (tertiary alicyclic amines) is 1. The molecule has 1 aromatic heterocycles. The maximum atomic E-state index is 14.2. The molecule has 248 valence electrons. The van der Waals surface area contributed by atoms with Gasteiger partial charge < -0.3 is 19.5 Å². The van der Waals surface area contributed by atoms with Gasteiger partial charge in [-0.15, -0.1) is 0 Å². The topological polar surface area (TPSA) is 175 Å². The summed E-state index contributed by atoms with van der Waals surface area (Å²) < 4.78 is 45.0. The predicted molar refractivity (Wildman–Crippen MR) is 168 cm³/mol. The highest BCUT2D eigenvalue weighted by Gasteiger charge is 2.25. The molecular weight excluding hydrogens is 618 g/mol. The second kappa shape index (κ2) is 15.3. The summed E-state index contributed by atoms with van der Waals surface area (Å²) in [7, 11) is -2.81. The molecule has 1 aliphatic rings. The summed E-state index contributed by atoms with van der Waals surface area (Å²) in [5.41, 5.74) is 0.549. The van der Waals surface area contributed by atoms with Crippen molar-refractivity contribution >= 4 is 39.0 Å². The van der Waals surface area contributed by atoms with E-state index in [1.54, 1.807) is 32.9 Å². The second-order valence-corrected chi connectivity index (χ2v) is 12.6. The number of hydrogen-bond acceptors (Lipinski definition) is 11. The van der Waals surface area contributed by atoms with Crippen molar-refractivity contribution in [1.29, 1.82) is 0 Å². The van der Waals surface area contributed by atoms with E-state index in [0.717, 1.165) is 36.9 Å². The molecule has 0 spiro atoms. The molecule has 0 atom stereocenters. The number of para-hydroxylation sites is 1.